The van der Waals surface area contributed by atoms with Crippen LogP contribution in [-0.2, 0) is 4.74 Å². The first-order valence-corrected chi connectivity index (χ1v) is 7.33. The molecule has 0 aromatic carbocycles. The zero-order valence-electron chi connectivity index (χ0n) is 11.3. The van der Waals surface area contributed by atoms with Crippen LogP contribution in [0.3, 0.4) is 0 Å². The molecule has 0 aromatic rings. The minimum atomic E-state index is 0.231. The van der Waals surface area contributed by atoms with E-state index in [1.807, 2.05) is 0 Å². The third-order valence-electron chi connectivity index (χ3n) is 4.54. The van der Waals surface area contributed by atoms with E-state index in [-0.39, 0.29) is 5.54 Å². The van der Waals surface area contributed by atoms with Crippen molar-refractivity contribution in [2.45, 2.75) is 63.5 Å². The third-order valence-corrected chi connectivity index (χ3v) is 4.54. The topological polar surface area (TPSA) is 38.5 Å². The van der Waals surface area contributed by atoms with Gasteiger partial charge in [-0.2, -0.15) is 0 Å². The van der Waals surface area contributed by atoms with Crippen LogP contribution in [-0.4, -0.2) is 42.8 Å². The summed E-state index contributed by atoms with van der Waals surface area (Å²) in [7, 11) is 0. The van der Waals surface area contributed by atoms with Gasteiger partial charge in [-0.25, -0.2) is 0 Å². The quantitative estimate of drug-likeness (QED) is 0.804. The highest BCUT2D eigenvalue weighted by molar-refractivity contribution is 4.95. The van der Waals surface area contributed by atoms with Crippen molar-refractivity contribution >= 4 is 0 Å². The van der Waals surface area contributed by atoms with E-state index in [1.54, 1.807) is 0 Å². The van der Waals surface area contributed by atoms with Gasteiger partial charge in [0.1, 0.15) is 0 Å². The maximum atomic E-state index is 6.12. The van der Waals surface area contributed by atoms with Crippen LogP contribution < -0.4 is 5.73 Å². The lowest BCUT2D eigenvalue weighted by Crippen LogP contribution is -2.58. The molecular weight excluding hydrogens is 212 g/mol. The Hall–Kier alpha value is -0.120. The molecule has 2 unspecified atom stereocenters. The van der Waals surface area contributed by atoms with Crippen molar-refractivity contribution in [1.82, 2.24) is 4.90 Å². The highest BCUT2D eigenvalue weighted by Gasteiger charge is 2.39. The maximum Gasteiger partial charge on any atom is 0.0565 e. The predicted molar refractivity (Wildman–Crippen MR) is 71.1 cm³/mol. The van der Waals surface area contributed by atoms with Crippen molar-refractivity contribution in [2.24, 2.45) is 5.73 Å². The SMILES string of the molecule is CC1CC(CN)(N2CCCCCCC2)CCO1. The Balaban J connectivity index is 2.03. The highest BCUT2D eigenvalue weighted by Crippen LogP contribution is 2.31. The molecule has 3 nitrogen and oxygen atoms in total. The van der Waals surface area contributed by atoms with E-state index in [2.05, 4.69) is 11.8 Å². The summed E-state index contributed by atoms with van der Waals surface area (Å²) in [5.74, 6) is 0. The molecule has 2 aliphatic heterocycles. The number of hydrogen-bond donors (Lipinski definition) is 1. The Morgan fingerprint density at radius 1 is 1.18 bits per heavy atom. The second-order valence-corrected chi connectivity index (χ2v) is 5.82. The number of nitrogens with zero attached hydrogens (tertiary/aromatic N) is 1. The summed E-state index contributed by atoms with van der Waals surface area (Å²) in [6.07, 6.45) is 9.50. The van der Waals surface area contributed by atoms with Gasteiger partial charge in [0.25, 0.3) is 0 Å². The van der Waals surface area contributed by atoms with Gasteiger partial charge in [0.15, 0.2) is 0 Å². The molecule has 3 heteroatoms. The Morgan fingerprint density at radius 2 is 1.82 bits per heavy atom. The van der Waals surface area contributed by atoms with Crippen molar-refractivity contribution in [2.75, 3.05) is 26.2 Å². The number of likely N-dealkylation sites (tertiary alicyclic amines) is 1. The lowest BCUT2D eigenvalue weighted by Gasteiger charge is -2.48. The summed E-state index contributed by atoms with van der Waals surface area (Å²) in [6, 6.07) is 0. The molecular formula is C14H28N2O. The molecule has 100 valence electrons. The lowest BCUT2D eigenvalue weighted by molar-refractivity contribution is -0.0655. The van der Waals surface area contributed by atoms with Crippen LogP contribution in [0.4, 0.5) is 0 Å². The first kappa shape index (κ1) is 13.3. The maximum absolute atomic E-state index is 6.12. The van der Waals surface area contributed by atoms with E-state index in [4.69, 9.17) is 10.5 Å². The Morgan fingerprint density at radius 3 is 2.41 bits per heavy atom. The minimum Gasteiger partial charge on any atom is -0.378 e. The first-order valence-electron chi connectivity index (χ1n) is 7.33. The van der Waals surface area contributed by atoms with E-state index in [0.717, 1.165) is 26.0 Å². The van der Waals surface area contributed by atoms with Crippen LogP contribution in [0.2, 0.25) is 0 Å². The van der Waals surface area contributed by atoms with Crippen molar-refractivity contribution in [3.8, 4) is 0 Å². The van der Waals surface area contributed by atoms with Gasteiger partial charge in [0.05, 0.1) is 6.10 Å². The molecule has 2 N–H and O–H groups in total. The van der Waals surface area contributed by atoms with E-state index in [1.165, 1.54) is 45.2 Å². The molecule has 0 spiro atoms. The molecule has 0 aromatic heterocycles. The normalized spacial score (nSPS) is 37.4. The molecule has 2 saturated heterocycles. The molecule has 0 saturated carbocycles. The van der Waals surface area contributed by atoms with E-state index < -0.39 is 0 Å². The van der Waals surface area contributed by atoms with E-state index >= 15 is 0 Å². The monoisotopic (exact) mass is 240 g/mol. The van der Waals surface area contributed by atoms with Gasteiger partial charge in [-0.05, 0) is 45.7 Å². The van der Waals surface area contributed by atoms with Crippen LogP contribution in [0.25, 0.3) is 0 Å². The Labute approximate surface area is 106 Å². The average Bonchev–Trinajstić information content (AvgIpc) is 2.28. The van der Waals surface area contributed by atoms with Gasteiger partial charge in [-0.1, -0.05) is 19.3 Å². The standard InChI is InChI=1S/C14H28N2O/c1-13-11-14(12-15,7-10-17-13)16-8-5-3-2-4-6-9-16/h13H,2-12,15H2,1H3. The summed E-state index contributed by atoms with van der Waals surface area (Å²) < 4.78 is 5.70. The number of rotatable bonds is 2. The smallest absolute Gasteiger partial charge is 0.0565 e. The summed E-state index contributed by atoms with van der Waals surface area (Å²) in [4.78, 5) is 2.69. The Kier molecular flexibility index (Phi) is 4.83. The number of nitrogens with two attached hydrogens (primary N) is 1. The second kappa shape index (κ2) is 6.17. The first-order chi connectivity index (χ1) is 8.27. The fraction of sp³-hybridized carbons (Fsp3) is 1.00. The zero-order valence-corrected chi connectivity index (χ0v) is 11.3. The molecule has 2 aliphatic rings. The lowest BCUT2D eigenvalue weighted by atomic mass is 9.84. The summed E-state index contributed by atoms with van der Waals surface area (Å²) in [6.45, 7) is 6.34. The Bertz CT molecular complexity index is 226. The average molecular weight is 240 g/mol. The van der Waals surface area contributed by atoms with Gasteiger partial charge in [0, 0.05) is 18.7 Å². The molecule has 2 fully saturated rings. The zero-order chi connectivity index (χ0) is 12.1. The third kappa shape index (κ3) is 3.21. The van der Waals surface area contributed by atoms with Crippen LogP contribution in [0.15, 0.2) is 0 Å². The van der Waals surface area contributed by atoms with Crippen LogP contribution in [0.5, 0.6) is 0 Å². The van der Waals surface area contributed by atoms with Gasteiger partial charge >= 0.3 is 0 Å². The molecule has 17 heavy (non-hydrogen) atoms. The molecule has 0 amide bonds. The fourth-order valence-corrected chi connectivity index (χ4v) is 3.47. The predicted octanol–water partition coefficient (Wildman–Crippen LogP) is 2.15. The van der Waals surface area contributed by atoms with Gasteiger partial charge < -0.3 is 10.5 Å². The van der Waals surface area contributed by atoms with Crippen LogP contribution in [0, 0.1) is 0 Å². The van der Waals surface area contributed by atoms with Crippen LogP contribution >= 0.6 is 0 Å². The van der Waals surface area contributed by atoms with Crippen molar-refractivity contribution in [1.29, 1.82) is 0 Å². The summed E-state index contributed by atoms with van der Waals surface area (Å²) >= 11 is 0. The number of ether oxygens (including phenoxy) is 1. The van der Waals surface area contributed by atoms with Crippen LogP contribution in [0.1, 0.15) is 51.9 Å². The van der Waals surface area contributed by atoms with Crippen molar-refractivity contribution < 1.29 is 4.74 Å². The number of hydrogen-bond acceptors (Lipinski definition) is 3. The minimum absolute atomic E-state index is 0.231. The molecule has 0 aliphatic carbocycles. The van der Waals surface area contributed by atoms with Crippen molar-refractivity contribution in [3.63, 3.8) is 0 Å². The largest absolute Gasteiger partial charge is 0.378 e. The van der Waals surface area contributed by atoms with Gasteiger partial charge in [-0.3, -0.25) is 4.90 Å². The molecule has 0 radical (unpaired) electrons. The summed E-state index contributed by atoms with van der Waals surface area (Å²) in [5.41, 5.74) is 6.36. The van der Waals surface area contributed by atoms with Gasteiger partial charge in [0.2, 0.25) is 0 Å². The molecule has 2 atom stereocenters. The highest BCUT2D eigenvalue weighted by atomic mass is 16.5. The molecule has 2 rings (SSSR count). The fourth-order valence-electron chi connectivity index (χ4n) is 3.47. The molecule has 0 bridgehead atoms. The van der Waals surface area contributed by atoms with Crippen molar-refractivity contribution in [3.05, 3.63) is 0 Å². The van der Waals surface area contributed by atoms with Gasteiger partial charge in [-0.15, -0.1) is 0 Å². The summed E-state index contributed by atoms with van der Waals surface area (Å²) in [5, 5.41) is 0. The van der Waals surface area contributed by atoms with E-state index in [0.29, 0.717) is 6.10 Å². The van der Waals surface area contributed by atoms with E-state index in [9.17, 15) is 0 Å². The second-order valence-electron chi connectivity index (χ2n) is 5.82. The molecule has 2 heterocycles.